The molecule has 0 radical (unpaired) electrons. The lowest BCUT2D eigenvalue weighted by Crippen LogP contribution is -2.33. The number of para-hydroxylation sites is 2. The van der Waals surface area contributed by atoms with E-state index in [0.29, 0.717) is 18.8 Å². The number of nitrogens with one attached hydrogen (secondary N) is 2. The van der Waals surface area contributed by atoms with Gasteiger partial charge in [0.05, 0.1) is 35.9 Å². The molecule has 1 aliphatic carbocycles. The number of hydrogen-bond acceptors (Lipinski definition) is 5. The summed E-state index contributed by atoms with van der Waals surface area (Å²) < 4.78 is 0.908. The van der Waals surface area contributed by atoms with Gasteiger partial charge in [-0.15, -0.1) is 0 Å². The SMILES string of the molecule is [O-][n+]1ccccc1CNCc1ccc(CN(Cc2nc3ccccc3[nH]2)C2CCCc3cccnc32)cc1. The van der Waals surface area contributed by atoms with Crippen LogP contribution < -0.4 is 10.0 Å². The van der Waals surface area contributed by atoms with Crippen molar-refractivity contribution < 1.29 is 4.73 Å². The molecule has 0 saturated carbocycles. The van der Waals surface area contributed by atoms with Crippen molar-refractivity contribution in [3.8, 4) is 0 Å². The van der Waals surface area contributed by atoms with Crippen molar-refractivity contribution in [3.63, 3.8) is 0 Å². The predicted octanol–water partition coefficient (Wildman–Crippen LogP) is 4.96. The zero-order chi connectivity index (χ0) is 25.7. The molecule has 0 aliphatic heterocycles. The molecule has 192 valence electrons. The lowest BCUT2D eigenvalue weighted by molar-refractivity contribution is -0.614. The van der Waals surface area contributed by atoms with Crippen LogP contribution in [0.1, 0.15) is 52.8 Å². The van der Waals surface area contributed by atoms with Gasteiger partial charge in [0.2, 0.25) is 5.69 Å². The third-order valence-electron chi connectivity index (χ3n) is 7.35. The number of benzene rings is 2. The lowest BCUT2D eigenvalue weighted by Gasteiger charge is -2.34. The highest BCUT2D eigenvalue weighted by molar-refractivity contribution is 5.74. The van der Waals surface area contributed by atoms with Crippen LogP contribution >= 0.6 is 0 Å². The van der Waals surface area contributed by atoms with E-state index in [2.05, 4.69) is 57.7 Å². The summed E-state index contributed by atoms with van der Waals surface area (Å²) in [6, 6.07) is 27.0. The first-order valence-corrected chi connectivity index (χ1v) is 13.3. The van der Waals surface area contributed by atoms with Gasteiger partial charge < -0.3 is 15.5 Å². The molecule has 1 atom stereocenters. The second-order valence-electron chi connectivity index (χ2n) is 10.00. The van der Waals surface area contributed by atoms with Crippen LogP contribution in [0.25, 0.3) is 11.0 Å². The molecule has 0 saturated heterocycles. The van der Waals surface area contributed by atoms with Gasteiger partial charge in [0.1, 0.15) is 5.82 Å². The van der Waals surface area contributed by atoms with E-state index < -0.39 is 0 Å². The van der Waals surface area contributed by atoms with Gasteiger partial charge in [-0.3, -0.25) is 9.88 Å². The predicted molar refractivity (Wildman–Crippen MR) is 148 cm³/mol. The van der Waals surface area contributed by atoms with Crippen molar-refractivity contribution in [1.29, 1.82) is 0 Å². The summed E-state index contributed by atoms with van der Waals surface area (Å²) >= 11 is 0. The Bertz CT molecular complexity index is 1480. The Hall–Kier alpha value is -4.07. The summed E-state index contributed by atoms with van der Waals surface area (Å²) in [4.78, 5) is 15.7. The van der Waals surface area contributed by atoms with E-state index in [-0.39, 0.29) is 6.04 Å². The van der Waals surface area contributed by atoms with Crippen LogP contribution in [-0.2, 0) is 32.6 Å². The fourth-order valence-electron chi connectivity index (χ4n) is 5.42. The number of aryl methyl sites for hydroxylation is 1. The fourth-order valence-corrected chi connectivity index (χ4v) is 5.42. The highest BCUT2D eigenvalue weighted by Crippen LogP contribution is 2.34. The second-order valence-corrected chi connectivity index (χ2v) is 10.00. The van der Waals surface area contributed by atoms with Gasteiger partial charge in [0.15, 0.2) is 6.20 Å². The first-order valence-electron chi connectivity index (χ1n) is 13.3. The summed E-state index contributed by atoms with van der Waals surface area (Å²) in [6.07, 6.45) is 6.79. The Labute approximate surface area is 222 Å². The van der Waals surface area contributed by atoms with Crippen LogP contribution in [0.4, 0.5) is 0 Å². The maximum atomic E-state index is 11.9. The number of aromatic amines is 1. The molecule has 0 fully saturated rings. The maximum absolute atomic E-state index is 11.9. The monoisotopic (exact) mass is 504 g/mol. The Balaban J connectivity index is 1.19. The Kier molecular flexibility index (Phi) is 7.11. The average Bonchev–Trinajstić information content (AvgIpc) is 3.37. The molecule has 3 aromatic heterocycles. The van der Waals surface area contributed by atoms with Crippen molar-refractivity contribution in [2.45, 2.75) is 51.5 Å². The number of H-pyrrole nitrogens is 1. The van der Waals surface area contributed by atoms with Gasteiger partial charge in [0, 0.05) is 31.4 Å². The number of aromatic nitrogens is 4. The minimum absolute atomic E-state index is 0.249. The normalized spacial score (nSPS) is 15.1. The second kappa shape index (κ2) is 11.1. The van der Waals surface area contributed by atoms with Crippen LogP contribution in [-0.4, -0.2) is 19.9 Å². The quantitative estimate of drug-likeness (QED) is 0.219. The largest absolute Gasteiger partial charge is 0.618 e. The van der Waals surface area contributed by atoms with Gasteiger partial charge in [-0.25, -0.2) is 4.98 Å². The van der Waals surface area contributed by atoms with Gasteiger partial charge >= 0.3 is 0 Å². The molecule has 38 heavy (non-hydrogen) atoms. The highest BCUT2D eigenvalue weighted by atomic mass is 16.5. The van der Waals surface area contributed by atoms with E-state index in [1.807, 2.05) is 36.5 Å². The molecule has 1 unspecified atom stereocenters. The molecule has 0 bridgehead atoms. The first kappa shape index (κ1) is 24.3. The fraction of sp³-hybridized carbons (Fsp3) is 0.258. The van der Waals surface area contributed by atoms with Crippen LogP contribution in [0, 0.1) is 5.21 Å². The summed E-state index contributed by atoms with van der Waals surface area (Å²) in [5.41, 5.74) is 7.79. The van der Waals surface area contributed by atoms with Gasteiger partial charge in [-0.1, -0.05) is 42.5 Å². The first-order chi connectivity index (χ1) is 18.7. The molecule has 2 N–H and O–H groups in total. The molecule has 3 heterocycles. The Morgan fingerprint density at radius 2 is 1.76 bits per heavy atom. The van der Waals surface area contributed by atoms with Gasteiger partial charge in [-0.2, -0.15) is 4.73 Å². The molecular weight excluding hydrogens is 472 g/mol. The Morgan fingerprint density at radius 1 is 0.921 bits per heavy atom. The van der Waals surface area contributed by atoms with Gasteiger partial charge in [-0.05, 0) is 60.2 Å². The van der Waals surface area contributed by atoms with Gasteiger partial charge in [0.25, 0.3) is 0 Å². The summed E-state index contributed by atoms with van der Waals surface area (Å²) in [6.45, 7) is 2.78. The minimum atomic E-state index is 0.249. The van der Waals surface area contributed by atoms with Crippen LogP contribution in [0.15, 0.2) is 91.3 Å². The molecule has 6 rings (SSSR count). The van der Waals surface area contributed by atoms with E-state index in [4.69, 9.17) is 9.97 Å². The molecule has 7 heteroatoms. The van der Waals surface area contributed by atoms with Crippen LogP contribution in [0.2, 0.25) is 0 Å². The number of hydrogen-bond donors (Lipinski definition) is 2. The zero-order valence-corrected chi connectivity index (χ0v) is 21.4. The zero-order valence-electron chi connectivity index (χ0n) is 21.4. The number of pyridine rings is 2. The summed E-state index contributed by atoms with van der Waals surface area (Å²) in [7, 11) is 0. The van der Waals surface area contributed by atoms with E-state index in [1.54, 1.807) is 6.07 Å². The molecule has 7 nitrogen and oxygen atoms in total. The third-order valence-corrected chi connectivity index (χ3v) is 7.35. The molecule has 2 aromatic carbocycles. The van der Waals surface area contributed by atoms with E-state index >= 15 is 0 Å². The van der Waals surface area contributed by atoms with Crippen molar-refractivity contribution in [3.05, 3.63) is 130 Å². The number of fused-ring (bicyclic) bond motifs is 2. The van der Waals surface area contributed by atoms with Crippen LogP contribution in [0.5, 0.6) is 0 Å². The van der Waals surface area contributed by atoms with E-state index in [9.17, 15) is 5.21 Å². The van der Waals surface area contributed by atoms with Crippen LogP contribution in [0.3, 0.4) is 0 Å². The standard InChI is InChI=1S/C31H32N6O/c38-37-18-4-3-9-26(37)20-32-19-23-13-15-24(16-14-23)21-36(22-30-34-27-10-1-2-11-28(27)35-30)29-12-5-7-25-8-6-17-33-31(25)29/h1-4,6,8-11,13-18,29,32H,5,7,12,19-22H2,(H,34,35). The molecular formula is C31H32N6O. The van der Waals surface area contributed by atoms with Crippen molar-refractivity contribution in [2.24, 2.45) is 0 Å². The summed E-state index contributed by atoms with van der Waals surface area (Å²) in [5, 5.41) is 15.2. The van der Waals surface area contributed by atoms with E-state index in [1.165, 1.54) is 28.6 Å². The number of imidazole rings is 1. The highest BCUT2D eigenvalue weighted by Gasteiger charge is 2.28. The topological polar surface area (TPSA) is 83.8 Å². The number of rotatable bonds is 9. The third kappa shape index (κ3) is 5.44. The Morgan fingerprint density at radius 3 is 2.63 bits per heavy atom. The van der Waals surface area contributed by atoms with E-state index in [0.717, 1.165) is 53.9 Å². The smallest absolute Gasteiger partial charge is 0.206 e. The molecule has 0 spiro atoms. The maximum Gasteiger partial charge on any atom is 0.206 e. The molecule has 0 amide bonds. The number of nitrogens with zero attached hydrogens (tertiary/aromatic N) is 4. The lowest BCUT2D eigenvalue weighted by atomic mass is 9.90. The average molecular weight is 505 g/mol. The van der Waals surface area contributed by atoms with Crippen molar-refractivity contribution in [1.82, 2.24) is 25.2 Å². The molecule has 5 aromatic rings. The van der Waals surface area contributed by atoms with Crippen molar-refractivity contribution >= 4 is 11.0 Å². The summed E-state index contributed by atoms with van der Waals surface area (Å²) in [5.74, 6) is 0.978. The molecule has 1 aliphatic rings. The van der Waals surface area contributed by atoms with Crippen molar-refractivity contribution in [2.75, 3.05) is 0 Å². The minimum Gasteiger partial charge on any atom is -0.618 e.